The van der Waals surface area contributed by atoms with Crippen molar-refractivity contribution < 1.29 is 13.2 Å². The van der Waals surface area contributed by atoms with Gasteiger partial charge in [-0.25, -0.2) is 0 Å². The van der Waals surface area contributed by atoms with Gasteiger partial charge in [-0.1, -0.05) is 48.5 Å². The molecule has 2 aromatic rings. The molecule has 0 aliphatic carbocycles. The van der Waals surface area contributed by atoms with Gasteiger partial charge in [-0.05, 0) is 36.1 Å². The van der Waals surface area contributed by atoms with Crippen LogP contribution in [0.2, 0.25) is 0 Å². The third kappa shape index (κ3) is 3.50. The van der Waals surface area contributed by atoms with E-state index in [1.54, 1.807) is 0 Å². The largest absolute Gasteiger partial charge is 0.416 e. The van der Waals surface area contributed by atoms with Crippen LogP contribution in [-0.2, 0) is 12.7 Å². The highest BCUT2D eigenvalue weighted by molar-refractivity contribution is 5.29. The molecule has 4 heteroatoms. The van der Waals surface area contributed by atoms with Gasteiger partial charge in [0.1, 0.15) is 0 Å². The summed E-state index contributed by atoms with van der Waals surface area (Å²) < 4.78 is 38.4. The van der Waals surface area contributed by atoms with Crippen LogP contribution in [0.4, 0.5) is 13.2 Å². The Morgan fingerprint density at radius 3 is 2.50 bits per heavy atom. The fraction of sp³-hybridized carbons (Fsp3) is 0.333. The Kier molecular flexibility index (Phi) is 4.21. The van der Waals surface area contributed by atoms with Gasteiger partial charge in [0.2, 0.25) is 0 Å². The average Bonchev–Trinajstić information content (AvgIpc) is 2.96. The van der Waals surface area contributed by atoms with E-state index >= 15 is 0 Å². The lowest BCUT2D eigenvalue weighted by atomic mass is 9.96. The number of benzene rings is 2. The summed E-state index contributed by atoms with van der Waals surface area (Å²) in [7, 11) is 0. The van der Waals surface area contributed by atoms with Crippen molar-refractivity contribution in [2.75, 3.05) is 13.1 Å². The van der Waals surface area contributed by atoms with Crippen molar-refractivity contribution in [1.82, 2.24) is 4.90 Å². The number of nitrogens with zero attached hydrogens (tertiary/aromatic N) is 1. The third-order valence-electron chi connectivity index (χ3n) is 4.21. The number of hydrogen-bond donors (Lipinski definition) is 0. The maximum Gasteiger partial charge on any atom is 0.416 e. The molecule has 1 aliphatic rings. The second-order valence-electron chi connectivity index (χ2n) is 5.83. The first kappa shape index (κ1) is 15.1. The van der Waals surface area contributed by atoms with Gasteiger partial charge < -0.3 is 0 Å². The molecule has 116 valence electrons. The van der Waals surface area contributed by atoms with Crippen molar-refractivity contribution in [2.45, 2.75) is 25.1 Å². The molecule has 1 saturated heterocycles. The van der Waals surface area contributed by atoms with Crippen LogP contribution in [0.1, 0.15) is 29.0 Å². The molecule has 0 bridgehead atoms. The number of alkyl halides is 3. The lowest BCUT2D eigenvalue weighted by molar-refractivity contribution is -0.137. The van der Waals surface area contributed by atoms with E-state index in [4.69, 9.17) is 0 Å². The first-order chi connectivity index (χ1) is 10.5. The highest BCUT2D eigenvalue weighted by atomic mass is 19.4. The summed E-state index contributed by atoms with van der Waals surface area (Å²) in [6, 6.07) is 15.9. The van der Waals surface area contributed by atoms with E-state index in [2.05, 4.69) is 17.0 Å². The fourth-order valence-electron chi connectivity index (χ4n) is 3.06. The minimum atomic E-state index is -4.27. The topological polar surface area (TPSA) is 3.24 Å². The smallest absolute Gasteiger partial charge is 0.298 e. The summed E-state index contributed by atoms with van der Waals surface area (Å²) in [6.45, 7) is 2.60. The monoisotopic (exact) mass is 305 g/mol. The summed E-state index contributed by atoms with van der Waals surface area (Å²) in [5.41, 5.74) is 1.49. The zero-order valence-electron chi connectivity index (χ0n) is 12.2. The Hall–Kier alpha value is -1.81. The SMILES string of the molecule is FC(F)(F)c1cccc(C2CCN(Cc3ccccc3)C2)c1. The Morgan fingerprint density at radius 2 is 1.77 bits per heavy atom. The molecule has 0 radical (unpaired) electrons. The van der Waals surface area contributed by atoms with Crippen LogP contribution in [0, 0.1) is 0 Å². The van der Waals surface area contributed by atoms with Crippen LogP contribution in [-0.4, -0.2) is 18.0 Å². The van der Waals surface area contributed by atoms with E-state index in [-0.39, 0.29) is 5.92 Å². The quantitative estimate of drug-likeness (QED) is 0.795. The fourth-order valence-corrected chi connectivity index (χ4v) is 3.06. The van der Waals surface area contributed by atoms with Gasteiger partial charge in [-0.15, -0.1) is 0 Å². The lowest BCUT2D eigenvalue weighted by Crippen LogP contribution is -2.19. The van der Waals surface area contributed by atoms with Crippen molar-refractivity contribution in [3.05, 3.63) is 71.3 Å². The van der Waals surface area contributed by atoms with E-state index in [0.29, 0.717) is 0 Å². The lowest BCUT2D eigenvalue weighted by Gasteiger charge is -2.17. The Morgan fingerprint density at radius 1 is 1.00 bits per heavy atom. The van der Waals surface area contributed by atoms with Gasteiger partial charge in [0, 0.05) is 13.1 Å². The molecule has 1 atom stereocenters. The molecule has 0 aromatic heterocycles. The number of rotatable bonds is 3. The molecule has 0 N–H and O–H groups in total. The van der Waals surface area contributed by atoms with Gasteiger partial charge in [0.15, 0.2) is 0 Å². The van der Waals surface area contributed by atoms with Crippen molar-refractivity contribution in [3.8, 4) is 0 Å². The maximum absolute atomic E-state index is 12.8. The highest BCUT2D eigenvalue weighted by Crippen LogP contribution is 2.34. The summed E-state index contributed by atoms with van der Waals surface area (Å²) in [5.74, 6) is 0.186. The summed E-state index contributed by atoms with van der Waals surface area (Å²) in [6.07, 6.45) is -3.35. The van der Waals surface area contributed by atoms with Gasteiger partial charge in [-0.2, -0.15) is 13.2 Å². The molecule has 2 aromatic carbocycles. The predicted molar refractivity (Wildman–Crippen MR) is 80.5 cm³/mol. The van der Waals surface area contributed by atoms with Crippen LogP contribution in [0.25, 0.3) is 0 Å². The predicted octanol–water partition coefficient (Wildman–Crippen LogP) is 4.69. The van der Waals surface area contributed by atoms with Crippen LogP contribution in [0.3, 0.4) is 0 Å². The summed E-state index contributed by atoms with van der Waals surface area (Å²) in [5, 5.41) is 0. The minimum absolute atomic E-state index is 0.186. The van der Waals surface area contributed by atoms with Crippen molar-refractivity contribution in [3.63, 3.8) is 0 Å². The Bertz CT molecular complexity index is 622. The van der Waals surface area contributed by atoms with Crippen molar-refractivity contribution in [1.29, 1.82) is 0 Å². The zero-order valence-corrected chi connectivity index (χ0v) is 12.2. The number of hydrogen-bond acceptors (Lipinski definition) is 1. The second kappa shape index (κ2) is 6.13. The van der Waals surface area contributed by atoms with Crippen molar-refractivity contribution in [2.24, 2.45) is 0 Å². The highest BCUT2D eigenvalue weighted by Gasteiger charge is 2.32. The molecule has 3 rings (SSSR count). The van der Waals surface area contributed by atoms with Crippen LogP contribution < -0.4 is 0 Å². The standard InChI is InChI=1S/C18H18F3N/c19-18(20,21)17-8-4-7-15(11-17)16-9-10-22(13-16)12-14-5-2-1-3-6-14/h1-8,11,16H,9-10,12-13H2. The second-order valence-corrected chi connectivity index (χ2v) is 5.83. The maximum atomic E-state index is 12.8. The first-order valence-corrected chi connectivity index (χ1v) is 7.46. The van der Waals surface area contributed by atoms with E-state index in [9.17, 15) is 13.2 Å². The molecule has 1 nitrogen and oxygen atoms in total. The van der Waals surface area contributed by atoms with E-state index in [1.165, 1.54) is 17.7 Å². The summed E-state index contributed by atoms with van der Waals surface area (Å²) in [4.78, 5) is 2.31. The molecule has 0 spiro atoms. The van der Waals surface area contributed by atoms with E-state index in [1.807, 2.05) is 24.3 Å². The average molecular weight is 305 g/mol. The van der Waals surface area contributed by atoms with Gasteiger partial charge in [-0.3, -0.25) is 4.90 Å². The minimum Gasteiger partial charge on any atom is -0.298 e. The van der Waals surface area contributed by atoms with Gasteiger partial charge in [0.25, 0.3) is 0 Å². The molecular weight excluding hydrogens is 287 g/mol. The molecule has 1 unspecified atom stereocenters. The molecule has 0 saturated carbocycles. The van der Waals surface area contributed by atoms with Crippen LogP contribution >= 0.6 is 0 Å². The van der Waals surface area contributed by atoms with Crippen LogP contribution in [0.5, 0.6) is 0 Å². The molecule has 22 heavy (non-hydrogen) atoms. The van der Waals surface area contributed by atoms with E-state index in [0.717, 1.165) is 37.7 Å². The van der Waals surface area contributed by atoms with E-state index < -0.39 is 11.7 Å². The normalized spacial score (nSPS) is 19.5. The number of likely N-dealkylation sites (tertiary alicyclic amines) is 1. The molecule has 1 fully saturated rings. The van der Waals surface area contributed by atoms with Crippen molar-refractivity contribution >= 4 is 0 Å². The van der Waals surface area contributed by atoms with Crippen LogP contribution in [0.15, 0.2) is 54.6 Å². The third-order valence-corrected chi connectivity index (χ3v) is 4.21. The Labute approximate surface area is 128 Å². The Balaban J connectivity index is 1.68. The summed E-state index contributed by atoms with van der Waals surface area (Å²) >= 11 is 0. The van der Waals surface area contributed by atoms with Gasteiger partial charge >= 0.3 is 6.18 Å². The number of halogens is 3. The molecule has 1 heterocycles. The molecule has 0 amide bonds. The van der Waals surface area contributed by atoms with Gasteiger partial charge in [0.05, 0.1) is 5.56 Å². The first-order valence-electron chi connectivity index (χ1n) is 7.46. The zero-order chi connectivity index (χ0) is 15.6. The molecular formula is C18H18F3N. The molecule has 1 aliphatic heterocycles.